The minimum atomic E-state index is -1.37. The predicted octanol–water partition coefficient (Wildman–Crippen LogP) is 16.4. The zero-order valence-electron chi connectivity index (χ0n) is 79.6. The van der Waals surface area contributed by atoms with Gasteiger partial charge in [0.25, 0.3) is 0 Å². The molecule has 4 aromatic heterocycles. The van der Waals surface area contributed by atoms with Crippen LogP contribution in [0.15, 0.2) is 262 Å². The van der Waals surface area contributed by atoms with Gasteiger partial charge in [0, 0.05) is 103 Å². The van der Waals surface area contributed by atoms with Crippen LogP contribution in [0.4, 0.5) is 40.3 Å². The first-order valence-corrected chi connectivity index (χ1v) is 47.4. The number of ether oxygens (including phenoxy) is 4. The number of anilines is 4. The average Bonchev–Trinajstić information content (AvgIpc) is 1.18. The van der Waals surface area contributed by atoms with Crippen LogP contribution in [0, 0.1) is 46.9 Å². The van der Waals surface area contributed by atoms with Gasteiger partial charge in [-0.1, -0.05) is 182 Å². The van der Waals surface area contributed by atoms with E-state index in [4.69, 9.17) is 41.9 Å². The van der Waals surface area contributed by atoms with E-state index in [2.05, 4.69) is 0 Å². The standard InChI is InChI=1S/2C29H28FN3O4.2C27H26FN3O4/c2*1-37-28-25-22(13-24(30)26(28)32-12-11-19(14-31)16-32)27(34)23(29(35)36)17-33(25)15-18-7-9-21(10-8-18)20-5-3-2-4-6-20;2*1-35-26-23-20(11-22(28)24(26)30-9-8-17(12-29)14-30)25(32)21(27(33)34)15-31(23)13-16-6-7-18-4-2-3-5-19(18)10-16/h2*2-10,13,17,19H,11-12,14-16,31H2,1H3,(H,35,36);2*2-7,10-11,15,17H,8-9,12-14,29H2,1H3,(H,33,34)/t2*19-;2*17-/m1010/s1. The molecule has 28 nitrogen and oxygen atoms in total. The largest absolute Gasteiger partial charge is 0.492 e. The Kier molecular flexibility index (Phi) is 29.8. The molecule has 4 fully saturated rings. The molecule has 16 aromatic rings. The van der Waals surface area contributed by atoms with Crippen LogP contribution in [0.5, 0.6) is 23.0 Å². The van der Waals surface area contributed by atoms with Crippen molar-refractivity contribution < 1.29 is 76.1 Å². The third-order valence-electron chi connectivity index (χ3n) is 27.6. The first-order valence-electron chi connectivity index (χ1n) is 47.4. The van der Waals surface area contributed by atoms with E-state index >= 15 is 17.6 Å². The Morgan fingerprint density at radius 1 is 0.299 bits per heavy atom. The average molecular weight is 1950 g/mol. The van der Waals surface area contributed by atoms with Crippen molar-refractivity contribution in [3.05, 3.63) is 352 Å². The summed E-state index contributed by atoms with van der Waals surface area (Å²) in [5.41, 5.74) is 29.0. The van der Waals surface area contributed by atoms with Gasteiger partial charge < -0.3 is 100 Å². The maximum absolute atomic E-state index is 15.5. The van der Waals surface area contributed by atoms with Crippen LogP contribution in [0.3, 0.4) is 0 Å². The Hall–Kier alpha value is -16.2. The number of nitrogens with two attached hydrogens (primary N) is 4. The SMILES string of the molecule is COc1c(N2CC[C@@H](CN)C2)c(F)cc2c(=O)c(C(=O)O)cn(Cc3ccc(-c4ccccc4)cc3)c12.COc1c(N2CC[C@@H](CN)C2)c(F)cc2c(=O)c(C(=O)O)cn(Cc3ccc4ccccc4c3)c12.COc1c(N2CC[C@H](CN)C2)c(F)cc2c(=O)c(C(=O)O)cn(Cc3ccc(-c4ccccc4)cc3)c12.COc1c(N2CC[C@H](CN)C2)c(F)cc2c(=O)c(C(=O)O)cn(Cc3ccc4ccccc4c3)c12. The Balaban J connectivity index is 0.000000132. The fourth-order valence-corrected chi connectivity index (χ4v) is 20.3. The number of halogens is 4. The van der Waals surface area contributed by atoms with E-state index in [1.807, 2.05) is 214 Å². The van der Waals surface area contributed by atoms with Crippen LogP contribution < -0.4 is 83.2 Å². The maximum atomic E-state index is 15.5. The summed E-state index contributed by atoms with van der Waals surface area (Å²) in [4.78, 5) is 107. The van der Waals surface area contributed by atoms with Crippen LogP contribution in [-0.4, -0.2) is 170 Å². The summed E-state index contributed by atoms with van der Waals surface area (Å²) in [6.45, 7) is 7.84. The molecule has 0 unspecified atom stereocenters. The topological polar surface area (TPSA) is 391 Å². The molecule has 32 heteroatoms. The van der Waals surface area contributed by atoms with E-state index in [0.717, 1.165) is 116 Å². The second-order valence-corrected chi connectivity index (χ2v) is 36.6. The van der Waals surface area contributed by atoms with Crippen molar-refractivity contribution in [2.45, 2.75) is 51.9 Å². The second-order valence-electron chi connectivity index (χ2n) is 36.6. The highest BCUT2D eigenvalue weighted by atomic mass is 19.1. The summed E-state index contributed by atoms with van der Waals surface area (Å²) < 4.78 is 91.3. The van der Waals surface area contributed by atoms with Crippen molar-refractivity contribution in [1.82, 2.24) is 18.3 Å². The summed E-state index contributed by atoms with van der Waals surface area (Å²) in [5.74, 6) is -6.15. The molecule has 0 bridgehead atoms. The van der Waals surface area contributed by atoms with E-state index in [0.29, 0.717) is 101 Å². The summed E-state index contributed by atoms with van der Waals surface area (Å²) >= 11 is 0. The molecule has 0 radical (unpaired) electrons. The monoisotopic (exact) mass is 1950 g/mol. The number of hydrogen-bond acceptors (Lipinski definition) is 20. The molecule has 12 N–H and O–H groups in total. The van der Waals surface area contributed by atoms with E-state index in [1.54, 1.807) is 18.3 Å². The van der Waals surface area contributed by atoms with Gasteiger partial charge in [0.1, 0.15) is 45.0 Å². The van der Waals surface area contributed by atoms with Crippen LogP contribution in [0.2, 0.25) is 0 Å². The van der Waals surface area contributed by atoms with Gasteiger partial charge >= 0.3 is 23.9 Å². The minimum absolute atomic E-state index is 0.0293. The Morgan fingerprint density at radius 2 is 0.521 bits per heavy atom. The Bertz CT molecular complexity index is 7440. The van der Waals surface area contributed by atoms with E-state index in [9.17, 15) is 58.8 Å². The van der Waals surface area contributed by atoms with Crippen LogP contribution in [0.25, 0.3) is 87.4 Å². The van der Waals surface area contributed by atoms with Gasteiger partial charge in [-0.15, -0.1) is 0 Å². The highest BCUT2D eigenvalue weighted by molar-refractivity contribution is 6.02. The molecule has 4 atom stereocenters. The van der Waals surface area contributed by atoms with Gasteiger partial charge in [-0.2, -0.15) is 0 Å². The molecule has 740 valence electrons. The highest BCUT2D eigenvalue weighted by Crippen LogP contribution is 2.46. The number of carboxylic acids is 4. The molecule has 4 aliphatic heterocycles. The van der Waals surface area contributed by atoms with Crippen LogP contribution >= 0.6 is 0 Å². The smallest absolute Gasteiger partial charge is 0.341 e. The van der Waals surface area contributed by atoms with Gasteiger partial charge in [0.05, 0.1) is 72.1 Å². The molecule has 4 aliphatic rings. The lowest BCUT2D eigenvalue weighted by atomic mass is 10.0. The fraction of sp³-hybridized carbons (Fsp3) is 0.250. The molecule has 4 saturated heterocycles. The summed E-state index contributed by atoms with van der Waals surface area (Å²) in [6.07, 6.45) is 8.59. The first kappa shape index (κ1) is 99.4. The molecule has 0 aliphatic carbocycles. The van der Waals surface area contributed by atoms with Crippen molar-refractivity contribution >= 4 is 112 Å². The first-order chi connectivity index (χ1) is 69.6. The van der Waals surface area contributed by atoms with Crippen molar-refractivity contribution in [2.75, 3.05) is 127 Å². The number of carboxylic acid groups (broad SMARTS) is 4. The lowest BCUT2D eigenvalue weighted by molar-refractivity contribution is 0.0684. The summed E-state index contributed by atoms with van der Waals surface area (Å²) in [5, 5.41) is 42.9. The van der Waals surface area contributed by atoms with Gasteiger partial charge in [0.2, 0.25) is 21.7 Å². The van der Waals surface area contributed by atoms with Gasteiger partial charge in [-0.05, 0) is 178 Å². The molecule has 0 spiro atoms. The quantitative estimate of drug-likeness (QED) is 0.0233. The number of benzene rings is 12. The van der Waals surface area contributed by atoms with Crippen molar-refractivity contribution in [1.29, 1.82) is 0 Å². The number of nitrogens with zero attached hydrogens (tertiary/aromatic N) is 8. The van der Waals surface area contributed by atoms with Gasteiger partial charge in [0.15, 0.2) is 46.3 Å². The Morgan fingerprint density at radius 3 is 0.750 bits per heavy atom. The predicted molar refractivity (Wildman–Crippen MR) is 552 cm³/mol. The number of fused-ring (bicyclic) bond motifs is 6. The van der Waals surface area contributed by atoms with Crippen LogP contribution in [-0.2, 0) is 26.2 Å². The molecular weight excluding hydrogens is 1850 g/mol. The lowest BCUT2D eigenvalue weighted by Crippen LogP contribution is -2.25. The third kappa shape index (κ3) is 20.2. The molecule has 12 aromatic carbocycles. The van der Waals surface area contributed by atoms with E-state index < -0.39 is 91.1 Å². The number of hydrogen-bond donors (Lipinski definition) is 8. The molecule has 0 saturated carbocycles. The molecule has 8 heterocycles. The highest BCUT2D eigenvalue weighted by Gasteiger charge is 2.37. The maximum Gasteiger partial charge on any atom is 0.341 e. The van der Waals surface area contributed by atoms with Gasteiger partial charge in [-0.25, -0.2) is 36.7 Å². The molecule has 0 amide bonds. The van der Waals surface area contributed by atoms with Crippen molar-refractivity contribution in [3.8, 4) is 45.3 Å². The fourth-order valence-electron chi connectivity index (χ4n) is 20.3. The molecule has 20 rings (SSSR count). The van der Waals surface area contributed by atoms with Crippen molar-refractivity contribution in [2.24, 2.45) is 46.6 Å². The van der Waals surface area contributed by atoms with Crippen molar-refractivity contribution in [3.63, 3.8) is 0 Å². The lowest BCUT2D eigenvalue weighted by Gasteiger charge is -2.25. The number of carbonyl (C=O) groups is 4. The van der Waals surface area contributed by atoms with E-state index in [1.165, 1.54) is 53.2 Å². The third-order valence-corrected chi connectivity index (χ3v) is 27.6. The Labute approximate surface area is 823 Å². The number of pyridine rings is 4. The molecular formula is C112H108F4N12O16. The minimum Gasteiger partial charge on any atom is -0.492 e. The number of methoxy groups -OCH3 is 4. The normalized spacial score (nSPS) is 15.5. The van der Waals surface area contributed by atoms with Crippen LogP contribution in [0.1, 0.15) is 89.4 Å². The summed E-state index contributed by atoms with van der Waals surface area (Å²) in [6, 6.07) is 68.0. The molecule has 144 heavy (non-hydrogen) atoms. The number of aromatic carboxylic acids is 4. The summed E-state index contributed by atoms with van der Waals surface area (Å²) in [7, 11) is 5.74. The number of aromatic nitrogens is 4. The van der Waals surface area contributed by atoms with Gasteiger partial charge in [-0.3, -0.25) is 19.2 Å². The second kappa shape index (κ2) is 43.1. The zero-order chi connectivity index (χ0) is 102. The zero-order valence-corrected chi connectivity index (χ0v) is 79.6. The van der Waals surface area contributed by atoms with E-state index in [-0.39, 0.29) is 117 Å². The number of rotatable bonds is 26.